The van der Waals surface area contributed by atoms with Crippen LogP contribution in [0.3, 0.4) is 0 Å². The summed E-state index contributed by atoms with van der Waals surface area (Å²) in [5.41, 5.74) is 1.04. The molecular weight excluding hydrogens is 676 g/mol. The van der Waals surface area contributed by atoms with E-state index >= 15 is 0 Å². The topological polar surface area (TPSA) is 180 Å². The molecule has 0 aliphatic carbocycles. The van der Waals surface area contributed by atoms with Gasteiger partial charge < -0.3 is 35.2 Å². The monoisotopic (exact) mass is 717 g/mol. The molecule has 1 amide bonds. The summed E-state index contributed by atoms with van der Waals surface area (Å²) in [7, 11) is -2.90. The number of rotatable bonds is 18. The van der Waals surface area contributed by atoms with Gasteiger partial charge in [-0.3, -0.25) is 14.2 Å². The molecule has 1 aliphatic rings. The number of anilines is 3. The van der Waals surface area contributed by atoms with E-state index in [4.69, 9.17) is 19.3 Å². The highest BCUT2D eigenvalue weighted by atomic mass is 32.1. The molecule has 4 aromatic rings. The predicted octanol–water partition coefficient (Wildman–Crippen LogP) is 4.87. The molecule has 2 atom stereocenters. The zero-order valence-electron chi connectivity index (χ0n) is 27.3. The zero-order chi connectivity index (χ0) is 34.8. The zero-order valence-corrected chi connectivity index (χ0v) is 29.0. The summed E-state index contributed by atoms with van der Waals surface area (Å²) in [6.07, 6.45) is 6.97. The van der Waals surface area contributed by atoms with E-state index in [2.05, 4.69) is 47.2 Å². The molecule has 3 heterocycles. The number of phosphoric acid groups is 1. The van der Waals surface area contributed by atoms with Crippen LogP contribution in [0.15, 0.2) is 48.9 Å². The Hall–Kier alpha value is -3.76. The van der Waals surface area contributed by atoms with Crippen molar-refractivity contribution in [1.29, 1.82) is 0 Å². The average molecular weight is 718 g/mol. The number of ether oxygens (including phenoxy) is 2. The lowest BCUT2D eigenvalue weighted by molar-refractivity contribution is -0.115. The van der Waals surface area contributed by atoms with Gasteiger partial charge in [0.1, 0.15) is 18.0 Å². The van der Waals surface area contributed by atoms with Crippen LogP contribution in [0.25, 0.3) is 10.9 Å². The van der Waals surface area contributed by atoms with Gasteiger partial charge in [0.25, 0.3) is 0 Å². The van der Waals surface area contributed by atoms with Crippen LogP contribution < -0.4 is 25.4 Å². The first-order valence-electron chi connectivity index (χ1n) is 16.0. The summed E-state index contributed by atoms with van der Waals surface area (Å²) in [4.78, 5) is 46.7. The number of phosphoric ester groups is 1. The van der Waals surface area contributed by atoms with Crippen molar-refractivity contribution in [3.8, 4) is 11.5 Å². The first-order chi connectivity index (χ1) is 23.6. The molecule has 1 fully saturated rings. The molecule has 2 unspecified atom stereocenters. The van der Waals surface area contributed by atoms with Crippen LogP contribution in [0.1, 0.15) is 37.5 Å². The van der Waals surface area contributed by atoms with Crippen molar-refractivity contribution in [3.63, 3.8) is 0 Å². The van der Waals surface area contributed by atoms with Gasteiger partial charge in [0.05, 0.1) is 32.3 Å². The molecule has 1 aliphatic heterocycles. The maximum absolute atomic E-state index is 13.4. The van der Waals surface area contributed by atoms with Crippen molar-refractivity contribution in [3.05, 3.63) is 59.6 Å². The number of aromatic nitrogens is 3. The Bertz CT molecular complexity index is 1760. The van der Waals surface area contributed by atoms with Crippen LogP contribution >= 0.6 is 19.2 Å². The van der Waals surface area contributed by atoms with Crippen molar-refractivity contribution in [2.24, 2.45) is 0 Å². The minimum Gasteiger partial charge on any atom is -0.493 e. The SMILES string of the molecule is CCC(NCCOP(=O)(O)O)C1CCCN1CCCOc1cc2ncnc(Nc3ncc(CC(=O)Nc4cccc(F)c4)s3)c2cc1OC. The van der Waals surface area contributed by atoms with Gasteiger partial charge in [-0.05, 0) is 56.5 Å². The summed E-state index contributed by atoms with van der Waals surface area (Å²) in [5.74, 6) is 0.915. The number of hydrogen-bond donors (Lipinski definition) is 5. The van der Waals surface area contributed by atoms with Crippen LogP contribution in [0.4, 0.5) is 21.0 Å². The van der Waals surface area contributed by atoms with Crippen molar-refractivity contribution in [1.82, 2.24) is 25.2 Å². The Morgan fingerprint density at radius 2 is 2.04 bits per heavy atom. The minimum absolute atomic E-state index is 0.0518. The van der Waals surface area contributed by atoms with Gasteiger partial charge in [-0.1, -0.05) is 13.0 Å². The number of nitrogens with one attached hydrogen (secondary N) is 3. The highest BCUT2D eigenvalue weighted by Crippen LogP contribution is 2.36. The largest absolute Gasteiger partial charge is 0.493 e. The highest BCUT2D eigenvalue weighted by Gasteiger charge is 2.30. The lowest BCUT2D eigenvalue weighted by Crippen LogP contribution is -2.47. The van der Waals surface area contributed by atoms with E-state index in [0.29, 0.717) is 58.2 Å². The van der Waals surface area contributed by atoms with Crippen LogP contribution in [-0.4, -0.2) is 87.6 Å². The van der Waals surface area contributed by atoms with E-state index in [1.807, 2.05) is 12.1 Å². The van der Waals surface area contributed by atoms with Gasteiger partial charge in [-0.15, -0.1) is 11.3 Å². The molecule has 49 heavy (non-hydrogen) atoms. The number of carbonyl (C=O) groups is 1. The molecule has 0 radical (unpaired) electrons. The third-order valence-corrected chi connectivity index (χ3v) is 9.51. The van der Waals surface area contributed by atoms with Gasteiger partial charge in [0.15, 0.2) is 16.6 Å². The molecule has 17 heteroatoms. The first-order valence-corrected chi connectivity index (χ1v) is 18.4. The molecule has 0 saturated carbocycles. The van der Waals surface area contributed by atoms with E-state index < -0.39 is 13.6 Å². The van der Waals surface area contributed by atoms with Gasteiger partial charge in [-0.2, -0.15) is 0 Å². The lowest BCUT2D eigenvalue weighted by Gasteiger charge is -2.32. The Balaban J connectivity index is 1.15. The second-order valence-corrected chi connectivity index (χ2v) is 13.8. The van der Waals surface area contributed by atoms with Crippen LogP contribution in [0.5, 0.6) is 11.5 Å². The van der Waals surface area contributed by atoms with Crippen molar-refractivity contribution >= 4 is 52.6 Å². The number of carbonyl (C=O) groups excluding carboxylic acids is 1. The Morgan fingerprint density at radius 1 is 1.18 bits per heavy atom. The Labute approximate surface area is 287 Å². The number of nitrogens with zero attached hydrogens (tertiary/aromatic N) is 4. The smallest absolute Gasteiger partial charge is 0.469 e. The van der Waals surface area contributed by atoms with Gasteiger partial charge >= 0.3 is 7.82 Å². The number of methoxy groups -OCH3 is 1. The number of fused-ring (bicyclic) bond motifs is 1. The number of amides is 1. The van der Waals surface area contributed by atoms with Gasteiger partial charge in [0, 0.05) is 53.4 Å². The fraction of sp³-hybridized carbons (Fsp3) is 0.438. The summed E-state index contributed by atoms with van der Waals surface area (Å²) in [5, 5.41) is 10.6. The fourth-order valence-electron chi connectivity index (χ4n) is 5.91. The van der Waals surface area contributed by atoms with Crippen LogP contribution in [-0.2, 0) is 20.3 Å². The maximum atomic E-state index is 13.4. The molecule has 2 aromatic carbocycles. The fourth-order valence-corrected chi connectivity index (χ4v) is 7.05. The average Bonchev–Trinajstić information content (AvgIpc) is 3.71. The second-order valence-electron chi connectivity index (χ2n) is 11.5. The number of likely N-dealkylation sites (tertiary alicyclic amines) is 1. The molecule has 0 spiro atoms. The maximum Gasteiger partial charge on any atom is 0.469 e. The van der Waals surface area contributed by atoms with Crippen LogP contribution in [0.2, 0.25) is 0 Å². The summed E-state index contributed by atoms with van der Waals surface area (Å²) in [6.45, 7) is 4.71. The molecule has 5 N–H and O–H groups in total. The summed E-state index contributed by atoms with van der Waals surface area (Å²) in [6, 6.07) is 9.88. The van der Waals surface area contributed by atoms with Crippen molar-refractivity contribution in [2.45, 2.75) is 51.1 Å². The van der Waals surface area contributed by atoms with Gasteiger partial charge in [0.2, 0.25) is 5.91 Å². The van der Waals surface area contributed by atoms with Crippen LogP contribution in [0, 0.1) is 5.82 Å². The predicted molar refractivity (Wildman–Crippen MR) is 185 cm³/mol. The first kappa shape index (κ1) is 36.5. The minimum atomic E-state index is -4.47. The third-order valence-electron chi connectivity index (χ3n) is 8.08. The van der Waals surface area contributed by atoms with E-state index in [9.17, 15) is 13.8 Å². The molecule has 2 aromatic heterocycles. The van der Waals surface area contributed by atoms with E-state index in [1.165, 1.54) is 35.9 Å². The molecule has 1 saturated heterocycles. The van der Waals surface area contributed by atoms with E-state index in [-0.39, 0.29) is 25.0 Å². The van der Waals surface area contributed by atoms with Crippen molar-refractivity contribution < 1.29 is 37.5 Å². The molecular formula is C32H41FN7O7PS. The number of benzene rings is 2. The number of hydrogen-bond acceptors (Lipinski definition) is 12. The van der Waals surface area contributed by atoms with E-state index in [0.717, 1.165) is 43.6 Å². The van der Waals surface area contributed by atoms with Crippen molar-refractivity contribution in [2.75, 3.05) is 50.6 Å². The molecule has 14 nitrogen and oxygen atoms in total. The molecule has 0 bridgehead atoms. The highest BCUT2D eigenvalue weighted by molar-refractivity contribution is 7.46. The quantitative estimate of drug-likeness (QED) is 0.0696. The molecule has 264 valence electrons. The van der Waals surface area contributed by atoms with Gasteiger partial charge in [-0.25, -0.2) is 23.9 Å². The summed E-state index contributed by atoms with van der Waals surface area (Å²) < 4.78 is 40.8. The second kappa shape index (κ2) is 17.3. The lowest BCUT2D eigenvalue weighted by atomic mass is 10.0. The summed E-state index contributed by atoms with van der Waals surface area (Å²) >= 11 is 1.31. The third kappa shape index (κ3) is 10.6. The Kier molecular flexibility index (Phi) is 12.9. The Morgan fingerprint density at radius 3 is 2.82 bits per heavy atom. The number of thiazole rings is 1. The standard InChI is InChI=1S/C32H41FN7O7PS/c1-3-25(34-10-14-47-48(42,43)44)27-9-5-11-40(27)12-6-13-46-29-18-26-24(17-28(29)45-2)31(37-20-36-26)39-32-35-19-23(49-32)16-30(41)38-22-8-4-7-21(33)15-22/h4,7-8,15,17-20,25,27,34H,3,5-6,9-14,16H2,1-2H3,(H,38,41)(H2,42,43,44)(H,35,36,37,39). The molecule has 5 rings (SSSR count). The number of halogens is 1. The van der Waals surface area contributed by atoms with E-state index in [1.54, 1.807) is 19.4 Å². The normalized spacial score (nSPS) is 15.7.